The van der Waals surface area contributed by atoms with Crippen LogP contribution in [0.5, 0.6) is 0 Å². The smallest absolute Gasteiger partial charge is 0.330 e. The van der Waals surface area contributed by atoms with Crippen LogP contribution in [0.1, 0.15) is 18.2 Å². The third kappa shape index (κ3) is 3.30. The number of thiol groups is 1. The molecular weight excluding hydrogens is 305 g/mol. The van der Waals surface area contributed by atoms with E-state index in [9.17, 15) is 9.59 Å². The van der Waals surface area contributed by atoms with Crippen LogP contribution in [0.2, 0.25) is 0 Å². The summed E-state index contributed by atoms with van der Waals surface area (Å²) in [6.07, 6.45) is 0.359. The number of aryl methyl sites for hydroxylation is 1. The minimum atomic E-state index is -2.01. The van der Waals surface area contributed by atoms with E-state index in [1.807, 2.05) is 0 Å². The Morgan fingerprint density at radius 1 is 1.70 bits per heavy atom. The zero-order valence-corrected chi connectivity index (χ0v) is 12.5. The molecule has 0 amide bonds. The Morgan fingerprint density at radius 3 is 3.00 bits per heavy atom. The van der Waals surface area contributed by atoms with Crippen LogP contribution in [0.15, 0.2) is 15.8 Å². The predicted molar refractivity (Wildman–Crippen MR) is 76.6 cm³/mol. The molecule has 1 saturated heterocycles. The molecule has 2 heterocycles. The maximum absolute atomic E-state index is 11.8. The van der Waals surface area contributed by atoms with Crippen LogP contribution >= 0.6 is 21.2 Å². The second kappa shape index (κ2) is 6.38. The number of ether oxygens (including phenoxy) is 1. The molecule has 10 heteroatoms. The first-order valence-electron chi connectivity index (χ1n) is 5.91. The molecule has 1 fully saturated rings. The highest BCUT2D eigenvalue weighted by Gasteiger charge is 2.37. The van der Waals surface area contributed by atoms with Gasteiger partial charge in [0, 0.05) is 23.9 Å². The maximum Gasteiger partial charge on any atom is 0.330 e. The van der Waals surface area contributed by atoms with E-state index in [0.29, 0.717) is 17.7 Å². The fourth-order valence-corrected chi connectivity index (χ4v) is 2.91. The highest BCUT2D eigenvalue weighted by Crippen LogP contribution is 2.36. The van der Waals surface area contributed by atoms with Crippen molar-refractivity contribution in [3.8, 4) is 0 Å². The molecule has 1 aromatic heterocycles. The highest BCUT2D eigenvalue weighted by molar-refractivity contribution is 7.80. The van der Waals surface area contributed by atoms with E-state index in [1.165, 1.54) is 10.8 Å². The van der Waals surface area contributed by atoms with Gasteiger partial charge in [-0.05, 0) is 6.92 Å². The lowest BCUT2D eigenvalue weighted by Crippen LogP contribution is -2.33. The summed E-state index contributed by atoms with van der Waals surface area (Å²) in [5, 5.41) is 0. The standard InChI is InChI=1S/C10H16N3O5PS/c1-5-3-13(10(15)12-9(5)14)8-2-6(18-19(11)16)7(4-20)17-8/h3,6-8,16,20H,2,4,11H2,1H3,(H,12,14,15)/t6-,7+,8+,19?/m0/s1. The summed E-state index contributed by atoms with van der Waals surface area (Å²) in [6, 6.07) is 0. The average molecular weight is 321 g/mol. The van der Waals surface area contributed by atoms with Crippen LogP contribution < -0.4 is 16.8 Å². The van der Waals surface area contributed by atoms with Gasteiger partial charge in [0.15, 0.2) is 0 Å². The number of rotatable bonds is 4. The summed E-state index contributed by atoms with van der Waals surface area (Å²) < 4.78 is 12.2. The zero-order chi connectivity index (χ0) is 14.9. The minimum absolute atomic E-state index is 0.340. The van der Waals surface area contributed by atoms with Crippen LogP contribution in [0.4, 0.5) is 0 Å². The Hall–Kier alpha value is -0.700. The van der Waals surface area contributed by atoms with Gasteiger partial charge in [0.05, 0.1) is 12.2 Å². The first kappa shape index (κ1) is 15.7. The van der Waals surface area contributed by atoms with Crippen molar-refractivity contribution in [3.05, 3.63) is 32.6 Å². The SMILES string of the molecule is Cc1cn([C@H]2C[C@H](OP(N)O)[C@@H](CS)O2)c(=O)[nH]c1=O. The molecule has 2 rings (SSSR count). The second-order valence-corrected chi connectivity index (χ2v) is 5.65. The van der Waals surface area contributed by atoms with E-state index in [-0.39, 0.29) is 6.10 Å². The van der Waals surface area contributed by atoms with Crippen molar-refractivity contribution in [1.29, 1.82) is 0 Å². The lowest BCUT2D eigenvalue weighted by atomic mass is 10.2. The number of aromatic amines is 1. The number of nitrogens with two attached hydrogens (primary N) is 1. The quantitative estimate of drug-likeness (QED) is 0.443. The fraction of sp³-hybridized carbons (Fsp3) is 0.600. The van der Waals surface area contributed by atoms with E-state index >= 15 is 0 Å². The Labute approximate surface area is 121 Å². The minimum Gasteiger partial charge on any atom is -0.351 e. The molecule has 0 radical (unpaired) electrons. The number of nitrogens with one attached hydrogen (secondary N) is 1. The van der Waals surface area contributed by atoms with Gasteiger partial charge in [-0.25, -0.2) is 4.79 Å². The average Bonchev–Trinajstić information content (AvgIpc) is 2.75. The van der Waals surface area contributed by atoms with Crippen molar-refractivity contribution in [3.63, 3.8) is 0 Å². The van der Waals surface area contributed by atoms with E-state index in [4.69, 9.17) is 19.7 Å². The normalized spacial score (nSPS) is 27.7. The largest absolute Gasteiger partial charge is 0.351 e. The van der Waals surface area contributed by atoms with Crippen molar-refractivity contribution in [2.24, 2.45) is 5.50 Å². The highest BCUT2D eigenvalue weighted by atomic mass is 32.1. The maximum atomic E-state index is 11.8. The topological polar surface area (TPSA) is 120 Å². The summed E-state index contributed by atoms with van der Waals surface area (Å²) in [5.41, 5.74) is 4.67. The molecule has 1 aromatic rings. The van der Waals surface area contributed by atoms with Crippen molar-refractivity contribution in [2.45, 2.75) is 31.8 Å². The van der Waals surface area contributed by atoms with Gasteiger partial charge >= 0.3 is 5.69 Å². The molecule has 0 saturated carbocycles. The Balaban J connectivity index is 2.25. The Kier molecular flexibility index (Phi) is 5.00. The zero-order valence-electron chi connectivity index (χ0n) is 10.7. The van der Waals surface area contributed by atoms with E-state index in [1.54, 1.807) is 6.92 Å². The van der Waals surface area contributed by atoms with Gasteiger partial charge in [-0.2, -0.15) is 12.6 Å². The van der Waals surface area contributed by atoms with Crippen LogP contribution in [-0.4, -0.2) is 32.4 Å². The summed E-state index contributed by atoms with van der Waals surface area (Å²) in [4.78, 5) is 34.5. The monoisotopic (exact) mass is 321 g/mol. The molecule has 8 nitrogen and oxygen atoms in total. The lowest BCUT2D eigenvalue weighted by molar-refractivity contribution is -0.00386. The summed E-state index contributed by atoms with van der Waals surface area (Å²) in [7, 11) is -2.01. The number of nitrogens with zero attached hydrogens (tertiary/aromatic N) is 1. The van der Waals surface area contributed by atoms with Crippen LogP contribution in [0.25, 0.3) is 0 Å². The fourth-order valence-electron chi connectivity index (χ4n) is 2.08. The first-order valence-corrected chi connectivity index (χ1v) is 7.82. The van der Waals surface area contributed by atoms with Gasteiger partial charge in [0.25, 0.3) is 5.56 Å². The number of aromatic nitrogens is 2. The molecule has 1 aliphatic rings. The van der Waals surface area contributed by atoms with E-state index in [0.717, 1.165) is 0 Å². The number of hydrogen-bond acceptors (Lipinski definition) is 7. The molecule has 4 atom stereocenters. The van der Waals surface area contributed by atoms with E-state index in [2.05, 4.69) is 17.6 Å². The molecule has 4 N–H and O–H groups in total. The molecule has 1 unspecified atom stereocenters. The van der Waals surface area contributed by atoms with Crippen molar-refractivity contribution >= 4 is 21.2 Å². The van der Waals surface area contributed by atoms with Gasteiger partial charge in [0.2, 0.25) is 8.53 Å². The molecule has 112 valence electrons. The summed E-state index contributed by atoms with van der Waals surface area (Å²) in [6.45, 7) is 1.60. The Bertz CT molecular complexity index is 589. The van der Waals surface area contributed by atoms with Gasteiger partial charge in [0.1, 0.15) is 6.23 Å². The first-order chi connectivity index (χ1) is 9.42. The third-order valence-corrected chi connectivity index (χ3v) is 3.91. The van der Waals surface area contributed by atoms with Gasteiger partial charge in [-0.15, -0.1) is 0 Å². The predicted octanol–water partition coefficient (Wildman–Crippen LogP) is -0.375. The van der Waals surface area contributed by atoms with Crippen molar-refractivity contribution < 1.29 is 14.2 Å². The molecule has 0 spiro atoms. The molecule has 0 aliphatic carbocycles. The molecule has 20 heavy (non-hydrogen) atoms. The van der Waals surface area contributed by atoms with Gasteiger partial charge < -0.3 is 14.2 Å². The lowest BCUT2D eigenvalue weighted by Gasteiger charge is -2.17. The van der Waals surface area contributed by atoms with Gasteiger partial charge in [-0.1, -0.05) is 0 Å². The van der Waals surface area contributed by atoms with Crippen LogP contribution in [-0.2, 0) is 9.26 Å². The van der Waals surface area contributed by atoms with Gasteiger partial charge in [-0.3, -0.25) is 19.8 Å². The van der Waals surface area contributed by atoms with Crippen molar-refractivity contribution in [2.75, 3.05) is 5.75 Å². The van der Waals surface area contributed by atoms with Crippen LogP contribution in [0.3, 0.4) is 0 Å². The number of hydrogen-bond donors (Lipinski definition) is 4. The molecule has 0 aromatic carbocycles. The third-order valence-electron chi connectivity index (χ3n) is 3.06. The second-order valence-electron chi connectivity index (χ2n) is 4.47. The van der Waals surface area contributed by atoms with Crippen molar-refractivity contribution in [1.82, 2.24) is 9.55 Å². The van der Waals surface area contributed by atoms with Crippen LogP contribution in [0, 0.1) is 6.92 Å². The number of H-pyrrole nitrogens is 1. The summed E-state index contributed by atoms with van der Waals surface area (Å²) in [5.74, 6) is 0.363. The molecule has 0 bridgehead atoms. The summed E-state index contributed by atoms with van der Waals surface area (Å²) >= 11 is 4.15. The Morgan fingerprint density at radius 2 is 2.40 bits per heavy atom. The molecule has 1 aliphatic heterocycles. The molecular formula is C10H16N3O5PS. The van der Waals surface area contributed by atoms with E-state index < -0.39 is 32.1 Å².